The van der Waals surface area contributed by atoms with Gasteiger partial charge in [0.15, 0.2) is 9.84 Å². The van der Waals surface area contributed by atoms with Crippen molar-refractivity contribution < 1.29 is 18.0 Å². The fourth-order valence-corrected chi connectivity index (χ4v) is 5.55. The molecule has 0 aromatic rings. The van der Waals surface area contributed by atoms with Gasteiger partial charge >= 0.3 is 0 Å². The summed E-state index contributed by atoms with van der Waals surface area (Å²) in [5.41, 5.74) is 0.110. The van der Waals surface area contributed by atoms with Crippen LogP contribution in [-0.4, -0.2) is 54.0 Å². The van der Waals surface area contributed by atoms with E-state index in [4.69, 9.17) is 0 Å². The van der Waals surface area contributed by atoms with Crippen LogP contribution < -0.4 is 5.32 Å². The van der Waals surface area contributed by atoms with Gasteiger partial charge in [-0.05, 0) is 44.9 Å². The lowest BCUT2D eigenvalue weighted by molar-refractivity contribution is -0.133. The van der Waals surface area contributed by atoms with Crippen LogP contribution in [0.4, 0.5) is 0 Å². The highest BCUT2D eigenvalue weighted by molar-refractivity contribution is 7.91. The summed E-state index contributed by atoms with van der Waals surface area (Å²) < 4.78 is 23.3. The Morgan fingerprint density at radius 2 is 1.92 bits per heavy atom. The zero-order valence-corrected chi connectivity index (χ0v) is 15.8. The van der Waals surface area contributed by atoms with Crippen LogP contribution in [0.2, 0.25) is 0 Å². The summed E-state index contributed by atoms with van der Waals surface area (Å²) in [6.07, 6.45) is 4.97. The van der Waals surface area contributed by atoms with Crippen molar-refractivity contribution >= 4 is 27.4 Å². The van der Waals surface area contributed by atoms with Gasteiger partial charge in [-0.15, -0.1) is 0 Å². The summed E-state index contributed by atoms with van der Waals surface area (Å²) in [6, 6.07) is -0.438. The molecule has 25 heavy (non-hydrogen) atoms. The molecule has 0 aromatic carbocycles. The first-order valence-electron chi connectivity index (χ1n) is 9.10. The van der Waals surface area contributed by atoms with Gasteiger partial charge in [0, 0.05) is 18.4 Å². The molecule has 3 rings (SSSR count). The zero-order chi connectivity index (χ0) is 18.2. The normalized spacial score (nSPS) is 35.4. The predicted octanol–water partition coefficient (Wildman–Crippen LogP) is 1.24. The average molecular weight is 369 g/mol. The lowest BCUT2D eigenvalue weighted by atomic mass is 9.78. The molecule has 7 nitrogen and oxygen atoms in total. The van der Waals surface area contributed by atoms with Crippen molar-refractivity contribution in [3.05, 3.63) is 0 Å². The van der Waals surface area contributed by atoms with Crippen LogP contribution in [0.15, 0.2) is 5.10 Å². The summed E-state index contributed by atoms with van der Waals surface area (Å²) in [6.45, 7) is 4.29. The number of rotatable bonds is 3. The Morgan fingerprint density at radius 1 is 1.24 bits per heavy atom. The molecule has 0 radical (unpaired) electrons. The molecule has 0 bridgehead atoms. The lowest BCUT2D eigenvalue weighted by Gasteiger charge is -2.37. The summed E-state index contributed by atoms with van der Waals surface area (Å²) in [7, 11) is -3.11. The van der Waals surface area contributed by atoms with Crippen molar-refractivity contribution in [2.45, 2.75) is 70.4 Å². The van der Waals surface area contributed by atoms with Crippen molar-refractivity contribution in [2.75, 3.05) is 11.5 Å². The van der Waals surface area contributed by atoms with Crippen LogP contribution in [0.3, 0.4) is 0 Å². The summed E-state index contributed by atoms with van der Waals surface area (Å²) in [4.78, 5) is 24.8. The third kappa shape index (κ3) is 4.22. The lowest BCUT2D eigenvalue weighted by Crippen LogP contribution is -2.52. The Bertz CT molecular complexity index is 693. The van der Waals surface area contributed by atoms with Crippen LogP contribution >= 0.6 is 0 Å². The van der Waals surface area contributed by atoms with Crippen molar-refractivity contribution in [1.82, 2.24) is 10.3 Å². The van der Waals surface area contributed by atoms with Gasteiger partial charge in [-0.2, -0.15) is 5.10 Å². The Labute approximate surface area is 149 Å². The van der Waals surface area contributed by atoms with Crippen molar-refractivity contribution in [3.8, 4) is 0 Å². The summed E-state index contributed by atoms with van der Waals surface area (Å²) >= 11 is 0. The molecule has 1 aliphatic carbocycles. The SMILES string of the molecule is CC1CCC(C)(NC(=O)C2=NN([C@H]3CCS(=O)(=O)C3)C(=O)CC2)CC1. The van der Waals surface area contributed by atoms with Crippen LogP contribution in [-0.2, 0) is 19.4 Å². The largest absolute Gasteiger partial charge is 0.346 e. The molecule has 1 saturated carbocycles. The Morgan fingerprint density at radius 3 is 2.52 bits per heavy atom. The number of nitrogens with one attached hydrogen (secondary N) is 1. The first-order valence-corrected chi connectivity index (χ1v) is 10.9. The van der Waals surface area contributed by atoms with Gasteiger partial charge in [-0.3, -0.25) is 9.59 Å². The van der Waals surface area contributed by atoms with E-state index in [1.807, 2.05) is 0 Å². The molecule has 2 heterocycles. The van der Waals surface area contributed by atoms with Crippen molar-refractivity contribution in [3.63, 3.8) is 0 Å². The molecule has 2 amide bonds. The topological polar surface area (TPSA) is 95.9 Å². The number of carbonyl (C=O) groups excluding carboxylic acids is 2. The minimum absolute atomic E-state index is 0.0628. The Hall–Kier alpha value is -1.44. The van der Waals surface area contributed by atoms with Crippen LogP contribution in [0.5, 0.6) is 0 Å². The Kier molecular flexibility index (Phi) is 4.92. The first-order chi connectivity index (χ1) is 11.7. The average Bonchev–Trinajstić information content (AvgIpc) is 2.90. The molecule has 0 aromatic heterocycles. The molecular formula is C17H27N3O4S. The maximum absolute atomic E-state index is 12.6. The number of hydrogen-bond acceptors (Lipinski definition) is 5. The first kappa shape index (κ1) is 18.4. The highest BCUT2D eigenvalue weighted by Gasteiger charge is 2.38. The van der Waals surface area contributed by atoms with E-state index < -0.39 is 15.9 Å². The predicted molar refractivity (Wildman–Crippen MR) is 94.8 cm³/mol. The van der Waals surface area contributed by atoms with E-state index >= 15 is 0 Å². The molecule has 2 fully saturated rings. The number of amides is 2. The number of sulfone groups is 1. The monoisotopic (exact) mass is 369 g/mol. The molecule has 8 heteroatoms. The molecular weight excluding hydrogens is 342 g/mol. The fraction of sp³-hybridized carbons (Fsp3) is 0.824. The highest BCUT2D eigenvalue weighted by atomic mass is 32.2. The Balaban J connectivity index is 1.69. The minimum Gasteiger partial charge on any atom is -0.346 e. The highest BCUT2D eigenvalue weighted by Crippen LogP contribution is 2.31. The van der Waals surface area contributed by atoms with Crippen LogP contribution in [0.1, 0.15) is 58.8 Å². The summed E-state index contributed by atoms with van der Waals surface area (Å²) in [5.74, 6) is 0.280. The molecule has 140 valence electrons. The van der Waals surface area contributed by atoms with E-state index in [0.29, 0.717) is 24.5 Å². The molecule has 1 saturated heterocycles. The van der Waals surface area contributed by atoms with Gasteiger partial charge in [-0.1, -0.05) is 6.92 Å². The maximum atomic E-state index is 12.6. The number of hydrogen-bond donors (Lipinski definition) is 1. The van der Waals surface area contributed by atoms with E-state index in [0.717, 1.165) is 25.7 Å². The van der Waals surface area contributed by atoms with Gasteiger partial charge in [0.25, 0.3) is 5.91 Å². The maximum Gasteiger partial charge on any atom is 0.267 e. The molecule has 0 spiro atoms. The third-order valence-corrected chi connectivity index (χ3v) is 7.42. The van der Waals surface area contributed by atoms with Gasteiger partial charge in [0.05, 0.1) is 17.5 Å². The van der Waals surface area contributed by atoms with Gasteiger partial charge in [-0.25, -0.2) is 13.4 Å². The number of carbonyl (C=O) groups is 2. The van der Waals surface area contributed by atoms with E-state index in [9.17, 15) is 18.0 Å². The third-order valence-electron chi connectivity index (χ3n) is 5.67. The van der Waals surface area contributed by atoms with Crippen molar-refractivity contribution in [2.24, 2.45) is 11.0 Å². The van der Waals surface area contributed by atoms with Crippen molar-refractivity contribution in [1.29, 1.82) is 0 Å². The second-order valence-corrected chi connectivity index (χ2v) is 10.3. The molecule has 2 aliphatic heterocycles. The van der Waals surface area contributed by atoms with Crippen LogP contribution in [0.25, 0.3) is 0 Å². The van der Waals surface area contributed by atoms with E-state index in [-0.39, 0.29) is 35.3 Å². The second kappa shape index (κ2) is 6.70. The standard InChI is InChI=1S/C17H27N3O4S/c1-12-5-8-17(2,9-6-12)18-16(22)14-3-4-15(21)20(19-14)13-7-10-25(23,24)11-13/h12-13H,3-11H2,1-2H3,(H,18,22)/t12?,13-,17?/m0/s1. The molecule has 3 aliphatic rings. The van der Waals surface area contributed by atoms with Gasteiger partial charge < -0.3 is 5.32 Å². The van der Waals surface area contributed by atoms with E-state index in [2.05, 4.69) is 24.3 Å². The smallest absolute Gasteiger partial charge is 0.267 e. The molecule has 0 unspecified atom stereocenters. The fourth-order valence-electron chi connectivity index (χ4n) is 3.86. The zero-order valence-electron chi connectivity index (χ0n) is 15.0. The van der Waals surface area contributed by atoms with Crippen LogP contribution in [0, 0.1) is 5.92 Å². The van der Waals surface area contributed by atoms with Gasteiger partial charge in [0.2, 0.25) is 5.91 Å². The van der Waals surface area contributed by atoms with E-state index in [1.54, 1.807) is 0 Å². The molecule has 1 N–H and O–H groups in total. The van der Waals surface area contributed by atoms with Gasteiger partial charge in [0.1, 0.15) is 5.71 Å². The van der Waals surface area contributed by atoms with E-state index in [1.165, 1.54) is 5.01 Å². The summed E-state index contributed by atoms with van der Waals surface area (Å²) in [5, 5.41) is 8.59. The number of hydrazone groups is 1. The molecule has 1 atom stereocenters. The number of nitrogens with zero attached hydrogens (tertiary/aromatic N) is 2. The minimum atomic E-state index is -3.11. The second-order valence-electron chi connectivity index (χ2n) is 8.04. The quantitative estimate of drug-likeness (QED) is 0.809.